The Balaban J connectivity index is 2.85. The van der Waals surface area contributed by atoms with E-state index in [0.717, 1.165) is 0 Å². The molecule has 15 heavy (non-hydrogen) atoms. The van der Waals surface area contributed by atoms with Crippen LogP contribution in [0.2, 0.25) is 0 Å². The molecule has 0 amide bonds. The van der Waals surface area contributed by atoms with E-state index in [1.165, 1.54) is 12.0 Å². The molecule has 1 aromatic carbocycles. The third-order valence-corrected chi connectivity index (χ3v) is 2.06. The molecule has 0 aliphatic heterocycles. The zero-order valence-corrected chi connectivity index (χ0v) is 8.71. The van der Waals surface area contributed by atoms with Crippen LogP contribution < -0.4 is 15.4 Å². The normalized spacial score (nSPS) is 10.5. The number of alkyl halides is 2. The number of rotatable bonds is 4. The second-order valence-electron chi connectivity index (χ2n) is 3.20. The SMILES string of the molecule is COc1ccc(N(C)CC(F)F)c(N)c1. The number of benzene rings is 1. The van der Waals surface area contributed by atoms with Gasteiger partial charge in [0.25, 0.3) is 6.43 Å². The van der Waals surface area contributed by atoms with Crippen molar-refractivity contribution < 1.29 is 13.5 Å². The highest BCUT2D eigenvalue weighted by molar-refractivity contribution is 5.69. The van der Waals surface area contributed by atoms with Gasteiger partial charge in [-0.1, -0.05) is 0 Å². The van der Waals surface area contributed by atoms with E-state index in [9.17, 15) is 8.78 Å². The highest BCUT2D eigenvalue weighted by Crippen LogP contribution is 2.26. The third kappa shape index (κ3) is 2.97. The lowest BCUT2D eigenvalue weighted by molar-refractivity contribution is 0.156. The topological polar surface area (TPSA) is 38.5 Å². The zero-order chi connectivity index (χ0) is 11.4. The van der Waals surface area contributed by atoms with Crippen LogP contribution >= 0.6 is 0 Å². The van der Waals surface area contributed by atoms with Crippen molar-refractivity contribution in [3.05, 3.63) is 18.2 Å². The van der Waals surface area contributed by atoms with Gasteiger partial charge in [-0.25, -0.2) is 8.78 Å². The first kappa shape index (κ1) is 11.6. The minimum atomic E-state index is -2.38. The van der Waals surface area contributed by atoms with E-state index in [-0.39, 0.29) is 6.54 Å². The summed E-state index contributed by atoms with van der Waals surface area (Å²) in [6, 6.07) is 4.96. The number of halogens is 2. The fourth-order valence-electron chi connectivity index (χ4n) is 1.31. The van der Waals surface area contributed by atoms with Gasteiger partial charge in [0.05, 0.1) is 25.0 Å². The number of methoxy groups -OCH3 is 1. The van der Waals surface area contributed by atoms with E-state index in [2.05, 4.69) is 0 Å². The molecule has 0 heterocycles. The Bertz CT molecular complexity index is 331. The lowest BCUT2D eigenvalue weighted by Crippen LogP contribution is -2.24. The molecule has 0 spiro atoms. The zero-order valence-electron chi connectivity index (χ0n) is 8.71. The maximum Gasteiger partial charge on any atom is 0.255 e. The Kier molecular flexibility index (Phi) is 3.71. The fraction of sp³-hybridized carbons (Fsp3) is 0.400. The summed E-state index contributed by atoms with van der Waals surface area (Å²) in [6.45, 7) is -0.337. The Labute approximate surface area is 87.4 Å². The molecule has 0 bridgehead atoms. The van der Waals surface area contributed by atoms with Gasteiger partial charge in [0, 0.05) is 13.1 Å². The van der Waals surface area contributed by atoms with Gasteiger partial charge in [-0.2, -0.15) is 0 Å². The minimum Gasteiger partial charge on any atom is -0.497 e. The first-order valence-electron chi connectivity index (χ1n) is 4.47. The molecule has 1 rings (SSSR count). The minimum absolute atomic E-state index is 0.337. The Morgan fingerprint density at radius 1 is 1.47 bits per heavy atom. The van der Waals surface area contributed by atoms with Crippen molar-refractivity contribution >= 4 is 11.4 Å². The highest BCUT2D eigenvalue weighted by atomic mass is 19.3. The van der Waals surface area contributed by atoms with Crippen molar-refractivity contribution in [3.63, 3.8) is 0 Å². The van der Waals surface area contributed by atoms with Gasteiger partial charge < -0.3 is 15.4 Å². The average Bonchev–Trinajstić information content (AvgIpc) is 2.16. The van der Waals surface area contributed by atoms with Crippen LogP contribution in [0.25, 0.3) is 0 Å². The quantitative estimate of drug-likeness (QED) is 0.782. The van der Waals surface area contributed by atoms with Crippen LogP contribution in [0.3, 0.4) is 0 Å². The summed E-state index contributed by atoms with van der Waals surface area (Å²) in [6.07, 6.45) is -2.38. The van der Waals surface area contributed by atoms with E-state index in [1.54, 1.807) is 25.2 Å². The van der Waals surface area contributed by atoms with Crippen molar-refractivity contribution in [2.24, 2.45) is 0 Å². The maximum atomic E-state index is 12.1. The Morgan fingerprint density at radius 2 is 2.13 bits per heavy atom. The van der Waals surface area contributed by atoms with Crippen LogP contribution in [0.15, 0.2) is 18.2 Å². The smallest absolute Gasteiger partial charge is 0.255 e. The van der Waals surface area contributed by atoms with Crippen molar-refractivity contribution in [2.45, 2.75) is 6.43 Å². The lowest BCUT2D eigenvalue weighted by atomic mass is 10.2. The van der Waals surface area contributed by atoms with Crippen molar-refractivity contribution in [3.8, 4) is 5.75 Å². The predicted molar refractivity (Wildman–Crippen MR) is 56.7 cm³/mol. The first-order chi connectivity index (χ1) is 7.04. The Morgan fingerprint density at radius 3 is 2.60 bits per heavy atom. The van der Waals surface area contributed by atoms with E-state index in [0.29, 0.717) is 17.1 Å². The van der Waals surface area contributed by atoms with Crippen LogP contribution in [0.1, 0.15) is 0 Å². The number of nitrogen functional groups attached to an aromatic ring is 1. The molecule has 5 heteroatoms. The molecule has 0 atom stereocenters. The summed E-state index contributed by atoms with van der Waals surface area (Å²) in [5, 5.41) is 0. The molecule has 0 saturated heterocycles. The molecular formula is C10H14F2N2O. The predicted octanol–water partition coefficient (Wildman–Crippen LogP) is 1.98. The monoisotopic (exact) mass is 216 g/mol. The van der Waals surface area contributed by atoms with Crippen molar-refractivity contribution in [1.29, 1.82) is 0 Å². The standard InChI is InChI=1S/C10H14F2N2O/c1-14(6-10(11)12)9-4-3-7(15-2)5-8(9)13/h3-5,10H,6,13H2,1-2H3. The van der Waals surface area contributed by atoms with E-state index in [4.69, 9.17) is 10.5 Å². The summed E-state index contributed by atoms with van der Waals surface area (Å²) >= 11 is 0. The second-order valence-corrected chi connectivity index (χ2v) is 3.20. The summed E-state index contributed by atoms with van der Waals surface area (Å²) in [4.78, 5) is 1.42. The van der Waals surface area contributed by atoms with Crippen LogP contribution in [-0.4, -0.2) is 27.1 Å². The molecule has 1 aromatic rings. The van der Waals surface area contributed by atoms with E-state index < -0.39 is 6.43 Å². The molecule has 0 saturated carbocycles. The van der Waals surface area contributed by atoms with Crippen LogP contribution in [-0.2, 0) is 0 Å². The van der Waals surface area contributed by atoms with Crippen LogP contribution in [0.5, 0.6) is 5.75 Å². The number of hydrogen-bond acceptors (Lipinski definition) is 3. The van der Waals surface area contributed by atoms with Crippen molar-refractivity contribution in [2.75, 3.05) is 31.3 Å². The molecular weight excluding hydrogens is 202 g/mol. The molecule has 3 nitrogen and oxygen atoms in total. The van der Waals surface area contributed by atoms with Crippen molar-refractivity contribution in [1.82, 2.24) is 0 Å². The van der Waals surface area contributed by atoms with E-state index in [1.807, 2.05) is 0 Å². The lowest BCUT2D eigenvalue weighted by Gasteiger charge is -2.20. The number of ether oxygens (including phenoxy) is 1. The summed E-state index contributed by atoms with van der Waals surface area (Å²) in [5.41, 5.74) is 6.71. The average molecular weight is 216 g/mol. The summed E-state index contributed by atoms with van der Waals surface area (Å²) in [7, 11) is 3.10. The molecule has 84 valence electrons. The summed E-state index contributed by atoms with van der Waals surface area (Å²) in [5.74, 6) is 0.613. The molecule has 0 aliphatic carbocycles. The maximum absolute atomic E-state index is 12.1. The van der Waals surface area contributed by atoms with Gasteiger partial charge in [0.2, 0.25) is 0 Å². The third-order valence-electron chi connectivity index (χ3n) is 2.06. The van der Waals surface area contributed by atoms with Gasteiger partial charge in [0.1, 0.15) is 5.75 Å². The van der Waals surface area contributed by atoms with Gasteiger partial charge in [-0.3, -0.25) is 0 Å². The van der Waals surface area contributed by atoms with Crippen LogP contribution in [0, 0.1) is 0 Å². The largest absolute Gasteiger partial charge is 0.497 e. The fourth-order valence-corrected chi connectivity index (χ4v) is 1.31. The molecule has 0 radical (unpaired) electrons. The number of nitrogens with two attached hydrogens (primary N) is 1. The number of hydrogen-bond donors (Lipinski definition) is 1. The highest BCUT2D eigenvalue weighted by Gasteiger charge is 2.11. The van der Waals surface area contributed by atoms with Gasteiger partial charge in [-0.05, 0) is 12.1 Å². The Hall–Kier alpha value is -1.52. The molecule has 0 fully saturated rings. The molecule has 0 aromatic heterocycles. The second kappa shape index (κ2) is 4.82. The summed E-state index contributed by atoms with van der Waals surface area (Å²) < 4.78 is 29.2. The number of nitrogens with zero attached hydrogens (tertiary/aromatic N) is 1. The first-order valence-corrected chi connectivity index (χ1v) is 4.47. The van der Waals surface area contributed by atoms with Gasteiger partial charge >= 0.3 is 0 Å². The number of anilines is 2. The van der Waals surface area contributed by atoms with Crippen LogP contribution in [0.4, 0.5) is 20.2 Å². The van der Waals surface area contributed by atoms with Gasteiger partial charge in [0.15, 0.2) is 0 Å². The van der Waals surface area contributed by atoms with E-state index >= 15 is 0 Å². The molecule has 0 unspecified atom stereocenters. The molecule has 0 aliphatic rings. The van der Waals surface area contributed by atoms with Gasteiger partial charge in [-0.15, -0.1) is 0 Å². The molecule has 2 N–H and O–H groups in total.